The van der Waals surface area contributed by atoms with Crippen molar-refractivity contribution in [3.05, 3.63) is 5.82 Å². The van der Waals surface area contributed by atoms with Crippen LogP contribution in [-0.2, 0) is 4.79 Å². The summed E-state index contributed by atoms with van der Waals surface area (Å²) in [4.78, 5) is 10.8. The monoisotopic (exact) mass is 327 g/mol. The van der Waals surface area contributed by atoms with Crippen molar-refractivity contribution in [3.63, 3.8) is 0 Å². The Hall–Kier alpha value is -0.690. The molecule has 1 aromatic rings. The molecule has 2 unspecified atom stereocenters. The topological polar surface area (TPSA) is 68.0 Å². The third kappa shape index (κ3) is 3.56. The van der Waals surface area contributed by atoms with Gasteiger partial charge in [-0.15, -0.1) is 10.2 Å². The van der Waals surface area contributed by atoms with Gasteiger partial charge >= 0.3 is 5.97 Å². The van der Waals surface area contributed by atoms with Gasteiger partial charge in [-0.3, -0.25) is 4.79 Å². The third-order valence-corrected chi connectivity index (χ3v) is 6.24. The minimum absolute atomic E-state index is 0.0582. The van der Waals surface area contributed by atoms with Gasteiger partial charge in [-0.1, -0.05) is 18.7 Å². The van der Waals surface area contributed by atoms with Crippen LogP contribution in [0, 0.1) is 0 Å². The number of carboxylic acids is 1. The number of aromatic nitrogens is 3. The van der Waals surface area contributed by atoms with Gasteiger partial charge in [0.15, 0.2) is 5.16 Å². The summed E-state index contributed by atoms with van der Waals surface area (Å²) in [6.07, 6.45) is 5.96. The lowest BCUT2D eigenvalue weighted by molar-refractivity contribution is -0.133. The molecule has 7 heteroatoms. The van der Waals surface area contributed by atoms with Crippen molar-refractivity contribution in [2.24, 2.45) is 0 Å². The smallest absolute Gasteiger partial charge is 0.313 e. The largest absolute Gasteiger partial charge is 0.481 e. The summed E-state index contributed by atoms with van der Waals surface area (Å²) in [6, 6.07) is 0.455. The fraction of sp³-hybridized carbons (Fsp3) is 0.786. The van der Waals surface area contributed by atoms with E-state index in [-0.39, 0.29) is 5.75 Å². The number of rotatable bonds is 7. The van der Waals surface area contributed by atoms with Crippen molar-refractivity contribution < 1.29 is 9.90 Å². The van der Waals surface area contributed by atoms with E-state index >= 15 is 0 Å². The molecule has 0 radical (unpaired) electrons. The number of hydrogen-bond acceptors (Lipinski definition) is 5. The molecule has 1 heterocycles. The van der Waals surface area contributed by atoms with Gasteiger partial charge in [-0.2, -0.15) is 11.8 Å². The molecule has 5 nitrogen and oxygen atoms in total. The summed E-state index contributed by atoms with van der Waals surface area (Å²) < 4.78 is 2.27. The minimum atomic E-state index is -0.798. The number of nitrogens with zero attached hydrogens (tertiary/aromatic N) is 3. The molecule has 116 valence electrons. The van der Waals surface area contributed by atoms with Crippen LogP contribution in [0.25, 0.3) is 0 Å². The van der Waals surface area contributed by atoms with Crippen LogP contribution in [0.1, 0.15) is 56.8 Å². The molecule has 0 spiro atoms. The van der Waals surface area contributed by atoms with E-state index in [2.05, 4.69) is 21.7 Å². The molecule has 0 aromatic carbocycles. The molecule has 2 aliphatic rings. The fourth-order valence-corrected chi connectivity index (χ4v) is 4.88. The first-order chi connectivity index (χ1) is 10.2. The molecule has 2 saturated carbocycles. The predicted octanol–water partition coefficient (Wildman–Crippen LogP) is 3.18. The molecule has 21 heavy (non-hydrogen) atoms. The molecule has 1 N–H and O–H groups in total. The molecular weight excluding hydrogens is 306 g/mol. The maximum Gasteiger partial charge on any atom is 0.313 e. The molecule has 1 aromatic heterocycles. The number of aliphatic carboxylic acids is 1. The summed E-state index contributed by atoms with van der Waals surface area (Å²) in [6.45, 7) is 2.21. The Bertz CT molecular complexity index is 516. The first kappa shape index (κ1) is 15.2. The van der Waals surface area contributed by atoms with E-state index in [0.717, 1.165) is 34.8 Å². The molecule has 3 rings (SSSR count). The third-order valence-electron chi connectivity index (χ3n) is 4.08. The van der Waals surface area contributed by atoms with Crippen LogP contribution in [0.5, 0.6) is 0 Å². The Balaban J connectivity index is 1.78. The molecule has 2 aliphatic carbocycles. The van der Waals surface area contributed by atoms with Gasteiger partial charge in [-0.05, 0) is 37.9 Å². The number of carboxylic acid groups (broad SMARTS) is 1. The zero-order chi connectivity index (χ0) is 14.8. The summed E-state index contributed by atoms with van der Waals surface area (Å²) in [5.41, 5.74) is 0. The first-order valence-electron chi connectivity index (χ1n) is 7.60. The van der Waals surface area contributed by atoms with Crippen molar-refractivity contribution in [2.45, 2.75) is 61.4 Å². The molecule has 0 saturated heterocycles. The van der Waals surface area contributed by atoms with Crippen LogP contribution in [0.2, 0.25) is 0 Å². The van der Waals surface area contributed by atoms with Crippen molar-refractivity contribution in [3.8, 4) is 0 Å². The van der Waals surface area contributed by atoms with E-state index in [0.29, 0.717) is 12.0 Å². The summed E-state index contributed by atoms with van der Waals surface area (Å²) in [7, 11) is 0. The van der Waals surface area contributed by atoms with E-state index in [4.69, 9.17) is 5.11 Å². The highest BCUT2D eigenvalue weighted by molar-refractivity contribution is 8.00. The quantitative estimate of drug-likeness (QED) is 0.776. The van der Waals surface area contributed by atoms with Gasteiger partial charge in [0.05, 0.1) is 5.75 Å². The van der Waals surface area contributed by atoms with E-state index in [1.54, 1.807) is 0 Å². The Labute approximate surface area is 133 Å². The second-order valence-corrected chi connectivity index (χ2v) is 8.23. The second kappa shape index (κ2) is 6.60. The van der Waals surface area contributed by atoms with Crippen LogP contribution in [0.4, 0.5) is 0 Å². The summed E-state index contributed by atoms with van der Waals surface area (Å²) in [5, 5.41) is 19.1. The van der Waals surface area contributed by atoms with E-state index < -0.39 is 5.97 Å². The highest BCUT2D eigenvalue weighted by Crippen LogP contribution is 2.45. The highest BCUT2D eigenvalue weighted by Gasteiger charge is 2.35. The lowest BCUT2D eigenvalue weighted by atomic mass is 10.2. The SMILES string of the molecule is CCSC1CCC(n2c(SCC(=O)O)nnc2C2CC2)C1. The Kier molecular flexibility index (Phi) is 4.78. The van der Waals surface area contributed by atoms with Crippen LogP contribution in [0.3, 0.4) is 0 Å². The van der Waals surface area contributed by atoms with Crippen molar-refractivity contribution in [1.82, 2.24) is 14.8 Å². The van der Waals surface area contributed by atoms with Crippen LogP contribution >= 0.6 is 23.5 Å². The second-order valence-electron chi connectivity index (χ2n) is 5.71. The average molecular weight is 327 g/mol. The van der Waals surface area contributed by atoms with Crippen LogP contribution in [-0.4, -0.2) is 42.6 Å². The molecule has 0 aliphatic heterocycles. The lowest BCUT2D eigenvalue weighted by Crippen LogP contribution is -2.12. The molecule has 0 amide bonds. The van der Waals surface area contributed by atoms with E-state index in [1.165, 1.54) is 31.0 Å². The molecule has 2 fully saturated rings. The Morgan fingerprint density at radius 2 is 2.14 bits per heavy atom. The standard InChI is InChI=1S/C14H21N3O2S2/c1-2-20-11-6-5-10(7-11)17-13(9-3-4-9)15-16-14(17)21-8-12(18)19/h9-11H,2-8H2,1H3,(H,18,19). The van der Waals surface area contributed by atoms with Gasteiger partial charge in [0.2, 0.25) is 0 Å². The predicted molar refractivity (Wildman–Crippen MR) is 85.2 cm³/mol. The van der Waals surface area contributed by atoms with Gasteiger partial charge in [0.1, 0.15) is 5.82 Å². The fourth-order valence-electron chi connectivity index (χ4n) is 3.02. The first-order valence-corrected chi connectivity index (χ1v) is 9.63. The van der Waals surface area contributed by atoms with Crippen molar-refractivity contribution >= 4 is 29.5 Å². The zero-order valence-electron chi connectivity index (χ0n) is 12.2. The number of thioether (sulfide) groups is 2. The van der Waals surface area contributed by atoms with Crippen molar-refractivity contribution in [2.75, 3.05) is 11.5 Å². The lowest BCUT2D eigenvalue weighted by Gasteiger charge is -2.17. The number of carbonyl (C=O) groups is 1. The average Bonchev–Trinajstić information content (AvgIpc) is 3.05. The molecule has 0 bridgehead atoms. The van der Waals surface area contributed by atoms with Crippen LogP contribution in [0.15, 0.2) is 5.16 Å². The van der Waals surface area contributed by atoms with Crippen LogP contribution < -0.4 is 0 Å². The maximum absolute atomic E-state index is 10.8. The normalized spacial score (nSPS) is 25.4. The highest BCUT2D eigenvalue weighted by atomic mass is 32.2. The van der Waals surface area contributed by atoms with Gasteiger partial charge in [0.25, 0.3) is 0 Å². The Morgan fingerprint density at radius 1 is 1.33 bits per heavy atom. The molecular formula is C14H21N3O2S2. The van der Waals surface area contributed by atoms with Gasteiger partial charge in [0, 0.05) is 17.2 Å². The van der Waals surface area contributed by atoms with E-state index in [9.17, 15) is 4.79 Å². The van der Waals surface area contributed by atoms with E-state index in [1.807, 2.05) is 11.8 Å². The van der Waals surface area contributed by atoms with Gasteiger partial charge < -0.3 is 9.67 Å². The Morgan fingerprint density at radius 3 is 2.81 bits per heavy atom. The zero-order valence-corrected chi connectivity index (χ0v) is 13.8. The summed E-state index contributed by atoms with van der Waals surface area (Å²) in [5.74, 6) is 2.07. The maximum atomic E-state index is 10.8. The van der Waals surface area contributed by atoms with Gasteiger partial charge in [-0.25, -0.2) is 0 Å². The molecule has 2 atom stereocenters. The summed E-state index contributed by atoms with van der Waals surface area (Å²) >= 11 is 3.34. The van der Waals surface area contributed by atoms with Crippen molar-refractivity contribution in [1.29, 1.82) is 0 Å². The minimum Gasteiger partial charge on any atom is -0.481 e. The number of hydrogen-bond donors (Lipinski definition) is 1.